The Morgan fingerprint density at radius 3 is 1.82 bits per heavy atom. The van der Waals surface area contributed by atoms with Crippen LogP contribution in [0.5, 0.6) is 11.5 Å². The van der Waals surface area contributed by atoms with Crippen molar-refractivity contribution in [2.45, 2.75) is 0 Å². The van der Waals surface area contributed by atoms with Crippen molar-refractivity contribution in [1.82, 2.24) is 0 Å². The number of benzene rings is 6. The second-order valence-electron chi connectivity index (χ2n) is 12.7. The molecular weight excluding hydrogens is 523 g/mol. The summed E-state index contributed by atoms with van der Waals surface area (Å²) in [6.07, 6.45) is 0. The van der Waals surface area contributed by atoms with Crippen molar-refractivity contribution in [1.29, 1.82) is 0 Å². The van der Waals surface area contributed by atoms with E-state index in [0.717, 1.165) is 17.1 Å². The monoisotopic (exact) mass is 552 g/mol. The maximum atomic E-state index is 6.52. The van der Waals surface area contributed by atoms with Gasteiger partial charge in [-0.3, -0.25) is 0 Å². The molecule has 44 heavy (non-hydrogen) atoms. The van der Waals surface area contributed by atoms with Crippen LogP contribution < -0.4 is 42.9 Å². The van der Waals surface area contributed by atoms with Crippen LogP contribution in [-0.2, 0) is 0 Å². The number of hydrogen-bond acceptors (Lipinski definition) is 1. The van der Waals surface area contributed by atoms with Gasteiger partial charge in [-0.15, -0.1) is 0 Å². The third-order valence-electron chi connectivity index (χ3n) is 10.6. The first-order valence-corrected chi connectivity index (χ1v) is 15.6. The topological polar surface area (TPSA) is 9.23 Å². The molecule has 9 heteroatoms. The van der Waals surface area contributed by atoms with E-state index in [0.29, 0.717) is 0 Å². The Kier molecular flexibility index (Phi) is 6.14. The molecule has 0 radical (unpaired) electrons. The van der Waals surface area contributed by atoms with Crippen molar-refractivity contribution in [2.75, 3.05) is 0 Å². The van der Waals surface area contributed by atoms with Crippen LogP contribution in [0.3, 0.4) is 0 Å². The van der Waals surface area contributed by atoms with E-state index in [1.807, 2.05) is 6.07 Å². The molecule has 198 valence electrons. The van der Waals surface area contributed by atoms with Crippen molar-refractivity contribution < 1.29 is 4.74 Å². The first kappa shape index (κ1) is 27.3. The van der Waals surface area contributed by atoms with Crippen LogP contribution in [0.25, 0.3) is 65.6 Å². The summed E-state index contributed by atoms with van der Waals surface area (Å²) in [6, 6.07) is 30.7. The molecule has 0 unspecified atom stereocenters. The molecule has 6 aromatic carbocycles. The minimum atomic E-state index is 0.919. The summed E-state index contributed by atoms with van der Waals surface area (Å²) in [7, 11) is 16.1. The zero-order valence-corrected chi connectivity index (χ0v) is 26.6. The zero-order chi connectivity index (χ0) is 30.4. The molecule has 0 aliphatic carbocycles. The van der Waals surface area contributed by atoms with E-state index < -0.39 is 0 Å². The van der Waals surface area contributed by atoms with Crippen LogP contribution in [0.2, 0.25) is 0 Å². The predicted molar refractivity (Wildman–Crippen MR) is 214 cm³/mol. The first-order valence-electron chi connectivity index (χ1n) is 15.6. The van der Waals surface area contributed by atoms with Gasteiger partial charge in [0, 0.05) is 0 Å². The van der Waals surface area contributed by atoms with Crippen molar-refractivity contribution >= 4 is 132 Å². The third kappa shape index (κ3) is 3.68. The molecule has 1 nitrogen and oxygen atoms in total. The van der Waals surface area contributed by atoms with Crippen LogP contribution in [0.1, 0.15) is 0 Å². The SMILES string of the molecule is Bc1bc2c(-c3ccc4c5c(cccc35)-c3ccccc3O4)c3c(B)c(B)c(B)c(B)c3c(-c3ccccc3)c2c(B)c1B. The van der Waals surface area contributed by atoms with E-state index >= 15 is 0 Å². The summed E-state index contributed by atoms with van der Waals surface area (Å²) in [6.45, 7) is 2.45. The quantitative estimate of drug-likeness (QED) is 0.169. The molecular formula is C35H28B8O. The van der Waals surface area contributed by atoms with Crippen molar-refractivity contribution in [3.8, 4) is 44.9 Å². The van der Waals surface area contributed by atoms with E-state index in [9.17, 15) is 0 Å². The van der Waals surface area contributed by atoms with Gasteiger partial charge in [0.25, 0.3) is 0 Å². The summed E-state index contributed by atoms with van der Waals surface area (Å²) in [4.78, 5) is 0. The van der Waals surface area contributed by atoms with Crippen LogP contribution in [-0.4, -0.2) is 61.8 Å². The van der Waals surface area contributed by atoms with Gasteiger partial charge in [0.15, 0.2) is 0 Å². The fraction of sp³-hybridized carbons (Fsp3) is 0. The second kappa shape index (κ2) is 9.89. The summed E-state index contributed by atoms with van der Waals surface area (Å²) >= 11 is 0. The molecule has 1 aromatic heterocycles. The van der Waals surface area contributed by atoms with Crippen molar-refractivity contribution in [3.05, 3.63) is 84.9 Å². The van der Waals surface area contributed by atoms with Gasteiger partial charge in [-0.25, -0.2) is 0 Å². The molecule has 0 N–H and O–H groups in total. The van der Waals surface area contributed by atoms with Gasteiger partial charge in [0.05, 0.1) is 0 Å². The van der Waals surface area contributed by atoms with Crippen LogP contribution in [0.15, 0.2) is 84.9 Å². The van der Waals surface area contributed by atoms with E-state index in [1.54, 1.807) is 0 Å². The van der Waals surface area contributed by atoms with Gasteiger partial charge in [0.2, 0.25) is 0 Å². The number of fused-ring (bicyclic) bond motifs is 4. The molecule has 0 amide bonds. The van der Waals surface area contributed by atoms with Gasteiger partial charge in [-0.2, -0.15) is 0 Å². The Morgan fingerprint density at radius 1 is 0.432 bits per heavy atom. The third-order valence-corrected chi connectivity index (χ3v) is 10.6. The summed E-state index contributed by atoms with van der Waals surface area (Å²) in [5.74, 6) is 1.85. The van der Waals surface area contributed by atoms with E-state index in [1.165, 1.54) is 98.2 Å². The Balaban J connectivity index is 1.65. The molecule has 7 aromatic rings. The van der Waals surface area contributed by atoms with Crippen molar-refractivity contribution in [2.24, 2.45) is 0 Å². The van der Waals surface area contributed by atoms with Crippen LogP contribution >= 0.6 is 0 Å². The normalized spacial score (nSPS) is 11.9. The fourth-order valence-corrected chi connectivity index (χ4v) is 7.77. The second-order valence-corrected chi connectivity index (χ2v) is 12.7. The summed E-state index contributed by atoms with van der Waals surface area (Å²) < 4.78 is 6.52. The van der Waals surface area contributed by atoms with Crippen LogP contribution in [0, 0.1) is 0 Å². The summed E-state index contributed by atoms with van der Waals surface area (Å²) in [5, 5.41) is 9.15. The molecule has 0 bridgehead atoms. The Labute approximate surface area is 265 Å². The predicted octanol–water partition coefficient (Wildman–Crippen LogP) is -2.60. The average Bonchev–Trinajstić information content (AvgIpc) is 3.05. The van der Waals surface area contributed by atoms with Gasteiger partial charge in [-0.1, -0.05) is 0 Å². The molecule has 0 saturated carbocycles. The molecule has 0 fully saturated rings. The zero-order valence-electron chi connectivity index (χ0n) is 26.6. The average molecular weight is 551 g/mol. The van der Waals surface area contributed by atoms with Gasteiger partial charge in [0.1, 0.15) is 0 Å². The standard InChI is InChI=1S/C35H28B8O/c36-28-25-22(15-7-2-1-3-8-15)27-30(38)33(41)35(42)43-34(27)24(26(25)29(37)32(40)31(28)39)19-13-14-21-23-17(10-6-11-18(19)23)16-9-4-5-12-20(16)44-21/h1-14H,36-42H2. The number of para-hydroxylation sites is 1. The molecule has 2 heterocycles. The number of rotatable bonds is 2. The van der Waals surface area contributed by atoms with Gasteiger partial charge < -0.3 is 0 Å². The minimum absolute atomic E-state index is 0.919. The molecule has 0 atom stereocenters. The first-order chi connectivity index (χ1) is 21.3. The summed E-state index contributed by atoms with van der Waals surface area (Å²) in [5.41, 5.74) is 15.8. The van der Waals surface area contributed by atoms with Crippen molar-refractivity contribution in [3.63, 3.8) is 0 Å². The fourth-order valence-electron chi connectivity index (χ4n) is 7.77. The van der Waals surface area contributed by atoms with Gasteiger partial charge in [-0.05, 0) is 0 Å². The van der Waals surface area contributed by atoms with E-state index in [2.05, 4.69) is 141 Å². The molecule has 0 saturated heterocycles. The number of hydrogen-bond donors (Lipinski definition) is 0. The molecule has 1 aliphatic rings. The molecule has 1 aliphatic heterocycles. The van der Waals surface area contributed by atoms with E-state index in [4.69, 9.17) is 4.74 Å². The molecule has 0 spiro atoms. The Hall–Kier alpha value is -4.23. The van der Waals surface area contributed by atoms with E-state index in [-0.39, 0.29) is 0 Å². The van der Waals surface area contributed by atoms with Gasteiger partial charge >= 0.3 is 267 Å². The Bertz CT molecular complexity index is 2390. The maximum absolute atomic E-state index is 6.52. The number of ether oxygens (including phenoxy) is 1. The Morgan fingerprint density at radius 2 is 1.07 bits per heavy atom. The molecule has 8 rings (SSSR count). The van der Waals surface area contributed by atoms with Crippen LogP contribution in [0.4, 0.5) is 0 Å².